The molecule has 0 radical (unpaired) electrons. The summed E-state index contributed by atoms with van der Waals surface area (Å²) in [6, 6.07) is 0.213. The van der Waals surface area contributed by atoms with Gasteiger partial charge in [0.05, 0.1) is 24.5 Å². The van der Waals surface area contributed by atoms with Crippen molar-refractivity contribution >= 4 is 11.8 Å². The van der Waals surface area contributed by atoms with Gasteiger partial charge in [-0.3, -0.25) is 0 Å². The third-order valence-electron chi connectivity index (χ3n) is 2.56. The monoisotopic (exact) mass is 218 g/mol. The lowest BCUT2D eigenvalue weighted by atomic mass is 10.2. The van der Waals surface area contributed by atoms with Crippen molar-refractivity contribution in [1.29, 1.82) is 0 Å². The van der Waals surface area contributed by atoms with Crippen molar-refractivity contribution < 1.29 is 5.11 Å². The molecule has 1 aliphatic carbocycles. The molecule has 0 aromatic carbocycles. The number of imidazole rings is 1. The molecule has 4 heteroatoms. The van der Waals surface area contributed by atoms with E-state index in [1.807, 2.05) is 18.2 Å². The minimum atomic E-state index is 0.0403. The van der Waals surface area contributed by atoms with Gasteiger partial charge in [0, 0.05) is 4.91 Å². The van der Waals surface area contributed by atoms with E-state index in [0.29, 0.717) is 0 Å². The summed E-state index contributed by atoms with van der Waals surface area (Å²) in [7, 11) is 0. The summed E-state index contributed by atoms with van der Waals surface area (Å²) in [6.45, 7) is 0.0403. The first-order valence-corrected chi connectivity index (χ1v) is 5.61. The average Bonchev–Trinajstić information content (AvgIpc) is 2.70. The molecule has 76 valence electrons. The van der Waals surface area contributed by atoms with Crippen LogP contribution in [0.25, 0.3) is 0 Å². The molecule has 0 saturated heterocycles. The van der Waals surface area contributed by atoms with Crippen LogP contribution in [0.15, 0.2) is 46.6 Å². The molecule has 1 aromatic rings. The highest BCUT2D eigenvalue weighted by molar-refractivity contribution is 8.03. The van der Waals surface area contributed by atoms with Gasteiger partial charge in [0.1, 0.15) is 0 Å². The number of nitrogens with zero attached hydrogens (tertiary/aromatic N) is 2. The number of aromatic nitrogens is 2. The second-order valence-electron chi connectivity index (χ2n) is 3.45. The van der Waals surface area contributed by atoms with E-state index in [1.165, 1.54) is 4.91 Å². The van der Waals surface area contributed by atoms with Crippen molar-refractivity contribution in [2.75, 3.05) is 0 Å². The average molecular weight is 218 g/mol. The van der Waals surface area contributed by atoms with Crippen LogP contribution in [0.5, 0.6) is 0 Å². The molecule has 1 atom stereocenters. The number of rotatable bonds is 1. The van der Waals surface area contributed by atoms with Gasteiger partial charge in [-0.2, -0.15) is 0 Å². The Bertz CT molecular complexity index is 485. The quantitative estimate of drug-likeness (QED) is 0.783. The van der Waals surface area contributed by atoms with Gasteiger partial charge in [-0.25, -0.2) is 4.98 Å². The van der Waals surface area contributed by atoms with Gasteiger partial charge in [-0.05, 0) is 6.08 Å². The largest absolute Gasteiger partial charge is 0.390 e. The standard InChI is InChI=1S/C11H10N2OS/c14-7-8-6-12-11-13(8)9-4-2-1-3-5-10(9)15-11/h1-6,9,14H,7H2. The number of aliphatic hydroxyl groups excluding tert-OH is 1. The first kappa shape index (κ1) is 9.00. The van der Waals surface area contributed by atoms with Gasteiger partial charge < -0.3 is 9.67 Å². The van der Waals surface area contributed by atoms with Crippen LogP contribution < -0.4 is 0 Å². The van der Waals surface area contributed by atoms with Crippen molar-refractivity contribution in [2.45, 2.75) is 17.8 Å². The predicted molar refractivity (Wildman–Crippen MR) is 59.4 cm³/mol. The Balaban J connectivity index is 2.13. The lowest BCUT2D eigenvalue weighted by molar-refractivity contribution is 0.269. The molecule has 0 amide bonds. The fourth-order valence-electron chi connectivity index (χ4n) is 1.86. The molecule has 15 heavy (non-hydrogen) atoms. The highest BCUT2D eigenvalue weighted by Crippen LogP contribution is 2.44. The number of thioether (sulfide) groups is 1. The van der Waals surface area contributed by atoms with E-state index in [2.05, 4.69) is 21.7 Å². The highest BCUT2D eigenvalue weighted by atomic mass is 32.2. The smallest absolute Gasteiger partial charge is 0.173 e. The predicted octanol–water partition coefficient (Wildman–Crippen LogP) is 2.03. The van der Waals surface area contributed by atoms with Gasteiger partial charge in [0.15, 0.2) is 5.16 Å². The summed E-state index contributed by atoms with van der Waals surface area (Å²) >= 11 is 1.67. The molecule has 2 heterocycles. The Morgan fingerprint density at radius 1 is 1.40 bits per heavy atom. The van der Waals surface area contributed by atoms with E-state index in [4.69, 9.17) is 0 Å². The van der Waals surface area contributed by atoms with Crippen LogP contribution in [-0.4, -0.2) is 14.7 Å². The summed E-state index contributed by atoms with van der Waals surface area (Å²) in [6.07, 6.45) is 12.0. The normalized spacial score (nSPS) is 22.2. The van der Waals surface area contributed by atoms with Crippen molar-refractivity contribution in [3.8, 4) is 0 Å². The Morgan fingerprint density at radius 3 is 3.20 bits per heavy atom. The Kier molecular flexibility index (Phi) is 2.04. The summed E-state index contributed by atoms with van der Waals surface area (Å²) in [5, 5.41) is 10.2. The highest BCUT2D eigenvalue weighted by Gasteiger charge is 2.28. The second-order valence-corrected chi connectivity index (χ2v) is 4.49. The molecule has 0 spiro atoms. The van der Waals surface area contributed by atoms with E-state index in [0.717, 1.165) is 10.9 Å². The molecule has 1 N–H and O–H groups in total. The minimum absolute atomic E-state index is 0.0403. The van der Waals surface area contributed by atoms with Gasteiger partial charge >= 0.3 is 0 Å². The molecule has 1 aliphatic heterocycles. The van der Waals surface area contributed by atoms with Crippen LogP contribution in [0.1, 0.15) is 11.7 Å². The van der Waals surface area contributed by atoms with Crippen molar-refractivity contribution in [3.05, 3.63) is 47.2 Å². The molecule has 3 nitrogen and oxygen atoms in total. The van der Waals surface area contributed by atoms with Crippen LogP contribution in [0.4, 0.5) is 0 Å². The number of aliphatic hydroxyl groups is 1. The second kappa shape index (κ2) is 3.40. The van der Waals surface area contributed by atoms with E-state index >= 15 is 0 Å². The summed E-state index contributed by atoms with van der Waals surface area (Å²) in [5.74, 6) is 0. The first-order valence-electron chi connectivity index (χ1n) is 4.80. The molecule has 1 unspecified atom stereocenters. The molecule has 3 rings (SSSR count). The molecule has 1 aromatic heterocycles. The van der Waals surface area contributed by atoms with Crippen LogP contribution in [0.2, 0.25) is 0 Å². The molecule has 2 aliphatic rings. The summed E-state index contributed by atoms with van der Waals surface area (Å²) < 4.78 is 2.08. The Hall–Kier alpha value is -1.26. The third-order valence-corrected chi connectivity index (χ3v) is 3.65. The van der Waals surface area contributed by atoms with E-state index < -0.39 is 0 Å². The van der Waals surface area contributed by atoms with E-state index in [1.54, 1.807) is 18.0 Å². The SMILES string of the molecule is OCc1cnc2n1C1C=CC=CC=C1S2. The number of fused-ring (bicyclic) bond motifs is 3. The van der Waals surface area contributed by atoms with Crippen molar-refractivity contribution in [3.63, 3.8) is 0 Å². The Labute approximate surface area is 91.8 Å². The van der Waals surface area contributed by atoms with Crippen molar-refractivity contribution in [2.24, 2.45) is 0 Å². The third kappa shape index (κ3) is 1.29. The number of hydrogen-bond acceptors (Lipinski definition) is 3. The van der Waals surface area contributed by atoms with E-state index in [9.17, 15) is 5.11 Å². The molecule has 0 fully saturated rings. The van der Waals surface area contributed by atoms with Gasteiger partial charge in [-0.15, -0.1) is 0 Å². The lowest BCUT2D eigenvalue weighted by Gasteiger charge is -2.10. The minimum Gasteiger partial charge on any atom is -0.390 e. The molecule has 0 bridgehead atoms. The topological polar surface area (TPSA) is 38.1 Å². The summed E-state index contributed by atoms with van der Waals surface area (Å²) in [4.78, 5) is 5.55. The van der Waals surface area contributed by atoms with Gasteiger partial charge in [-0.1, -0.05) is 36.1 Å². The zero-order valence-corrected chi connectivity index (χ0v) is 8.81. The fourth-order valence-corrected chi connectivity index (χ4v) is 2.95. The molecular weight excluding hydrogens is 208 g/mol. The molecular formula is C11H10N2OS. The zero-order chi connectivity index (χ0) is 10.3. The first-order chi connectivity index (χ1) is 7.40. The van der Waals surface area contributed by atoms with Crippen LogP contribution in [0, 0.1) is 0 Å². The lowest BCUT2D eigenvalue weighted by Crippen LogP contribution is -2.06. The maximum atomic E-state index is 9.22. The summed E-state index contributed by atoms with van der Waals surface area (Å²) in [5.41, 5.74) is 0.873. The molecule has 0 saturated carbocycles. The van der Waals surface area contributed by atoms with Crippen LogP contribution in [0.3, 0.4) is 0 Å². The van der Waals surface area contributed by atoms with Gasteiger partial charge in [0.25, 0.3) is 0 Å². The number of hydrogen-bond donors (Lipinski definition) is 1. The van der Waals surface area contributed by atoms with Crippen molar-refractivity contribution in [1.82, 2.24) is 9.55 Å². The zero-order valence-electron chi connectivity index (χ0n) is 8.00. The Morgan fingerprint density at radius 2 is 2.33 bits per heavy atom. The number of allylic oxidation sites excluding steroid dienone is 6. The maximum absolute atomic E-state index is 9.22. The van der Waals surface area contributed by atoms with Crippen LogP contribution in [-0.2, 0) is 6.61 Å². The van der Waals surface area contributed by atoms with E-state index in [-0.39, 0.29) is 12.6 Å². The fraction of sp³-hybridized carbons (Fsp3) is 0.182. The van der Waals surface area contributed by atoms with Gasteiger partial charge in [0.2, 0.25) is 0 Å². The maximum Gasteiger partial charge on any atom is 0.173 e. The van der Waals surface area contributed by atoms with Crippen LogP contribution >= 0.6 is 11.8 Å².